The van der Waals surface area contributed by atoms with Gasteiger partial charge in [-0.05, 0) is 19.1 Å². The second kappa shape index (κ2) is 6.63. The molecule has 12 heteroatoms. The lowest BCUT2D eigenvalue weighted by Crippen LogP contribution is -2.50. The molecule has 0 amide bonds. The molecule has 25 heavy (non-hydrogen) atoms. The van der Waals surface area contributed by atoms with Crippen molar-refractivity contribution in [2.75, 3.05) is 26.2 Å². The molecular weight excluding hydrogens is 408 g/mol. The van der Waals surface area contributed by atoms with Crippen LogP contribution in [0.5, 0.6) is 0 Å². The molecule has 0 aromatic carbocycles. The molecule has 3 rings (SSSR count). The van der Waals surface area contributed by atoms with Gasteiger partial charge in [-0.25, -0.2) is 16.8 Å². The van der Waals surface area contributed by atoms with Crippen molar-refractivity contribution in [3.8, 4) is 0 Å². The van der Waals surface area contributed by atoms with Gasteiger partial charge in [-0.2, -0.15) is 13.7 Å². The Bertz CT molecular complexity index is 988. The fourth-order valence-corrected chi connectivity index (χ4v) is 7.25. The van der Waals surface area contributed by atoms with Crippen LogP contribution in [0, 0.1) is 6.92 Å². The van der Waals surface area contributed by atoms with Crippen LogP contribution in [0.2, 0.25) is 4.34 Å². The zero-order chi connectivity index (χ0) is 18.4. The van der Waals surface area contributed by atoms with Gasteiger partial charge in [0.25, 0.3) is 10.0 Å². The molecular formula is C13H17ClN4O4S3. The van der Waals surface area contributed by atoms with E-state index in [2.05, 4.69) is 5.10 Å². The van der Waals surface area contributed by atoms with E-state index in [-0.39, 0.29) is 35.3 Å². The highest BCUT2D eigenvalue weighted by Gasteiger charge is 2.35. The third-order valence-corrected chi connectivity index (χ3v) is 9.75. The van der Waals surface area contributed by atoms with Crippen LogP contribution in [-0.4, -0.2) is 61.4 Å². The molecule has 0 radical (unpaired) electrons. The monoisotopic (exact) mass is 424 g/mol. The molecule has 1 fully saturated rings. The Morgan fingerprint density at radius 1 is 1.04 bits per heavy atom. The van der Waals surface area contributed by atoms with E-state index in [4.69, 9.17) is 11.6 Å². The van der Waals surface area contributed by atoms with Crippen molar-refractivity contribution in [1.29, 1.82) is 0 Å². The molecule has 0 N–H and O–H groups in total. The van der Waals surface area contributed by atoms with Crippen LogP contribution in [0.15, 0.2) is 27.4 Å². The Morgan fingerprint density at radius 3 is 2.04 bits per heavy atom. The Balaban J connectivity index is 1.77. The first-order chi connectivity index (χ1) is 11.6. The fourth-order valence-electron chi connectivity index (χ4n) is 2.58. The zero-order valence-corrected chi connectivity index (χ0v) is 16.8. The number of hydrogen-bond acceptors (Lipinski definition) is 6. The molecule has 0 aliphatic carbocycles. The number of nitrogens with zero attached hydrogens (tertiary/aromatic N) is 4. The van der Waals surface area contributed by atoms with Gasteiger partial charge < -0.3 is 0 Å². The topological polar surface area (TPSA) is 92.6 Å². The minimum absolute atomic E-state index is 0.0923. The maximum atomic E-state index is 12.7. The van der Waals surface area contributed by atoms with E-state index in [1.54, 1.807) is 14.0 Å². The summed E-state index contributed by atoms with van der Waals surface area (Å²) in [6, 6.07) is 3.00. The van der Waals surface area contributed by atoms with Crippen molar-refractivity contribution in [3.63, 3.8) is 0 Å². The van der Waals surface area contributed by atoms with Crippen LogP contribution in [0.3, 0.4) is 0 Å². The predicted octanol–water partition coefficient (Wildman–Crippen LogP) is 1.14. The summed E-state index contributed by atoms with van der Waals surface area (Å²) in [5, 5.41) is 3.97. The first-order valence-electron chi connectivity index (χ1n) is 7.38. The van der Waals surface area contributed by atoms with Crippen molar-refractivity contribution >= 4 is 43.0 Å². The predicted molar refractivity (Wildman–Crippen MR) is 94.8 cm³/mol. The smallest absolute Gasteiger partial charge is 0.252 e. The standard InChI is InChI=1S/C13H17ClN4O4S3/c1-10-11(9-15-16(10)2)24(19,20)17-5-7-18(8-6-17)25(21,22)13-4-3-12(14)23-13/h3-4,9H,5-8H2,1-2H3. The highest BCUT2D eigenvalue weighted by molar-refractivity contribution is 7.91. The number of aryl methyl sites for hydroxylation is 1. The van der Waals surface area contributed by atoms with E-state index in [0.29, 0.717) is 10.0 Å². The molecule has 1 aliphatic rings. The van der Waals surface area contributed by atoms with Crippen LogP contribution >= 0.6 is 22.9 Å². The third kappa shape index (κ3) is 3.36. The van der Waals surface area contributed by atoms with Gasteiger partial charge in [-0.1, -0.05) is 11.6 Å². The molecule has 3 heterocycles. The third-order valence-electron chi connectivity index (χ3n) is 4.15. The number of thiophene rings is 1. The van der Waals surface area contributed by atoms with Crippen molar-refractivity contribution in [2.45, 2.75) is 16.0 Å². The first-order valence-corrected chi connectivity index (χ1v) is 11.5. The van der Waals surface area contributed by atoms with E-state index >= 15 is 0 Å². The van der Waals surface area contributed by atoms with Gasteiger partial charge >= 0.3 is 0 Å². The van der Waals surface area contributed by atoms with Gasteiger partial charge in [0.1, 0.15) is 9.10 Å². The second-order valence-electron chi connectivity index (χ2n) is 5.58. The van der Waals surface area contributed by atoms with Gasteiger partial charge in [0.05, 0.1) is 16.2 Å². The SMILES string of the molecule is Cc1c(S(=O)(=O)N2CCN(S(=O)(=O)c3ccc(Cl)s3)CC2)cnn1C. The molecule has 1 aliphatic heterocycles. The summed E-state index contributed by atoms with van der Waals surface area (Å²) in [4.78, 5) is 0.149. The van der Waals surface area contributed by atoms with E-state index < -0.39 is 20.0 Å². The summed E-state index contributed by atoms with van der Waals surface area (Å²) in [5.41, 5.74) is 0.545. The van der Waals surface area contributed by atoms with E-state index in [1.165, 1.54) is 31.6 Å². The second-order valence-corrected chi connectivity index (χ2v) is 11.4. The van der Waals surface area contributed by atoms with Crippen LogP contribution < -0.4 is 0 Å². The van der Waals surface area contributed by atoms with Crippen LogP contribution in [-0.2, 0) is 27.1 Å². The molecule has 138 valence electrons. The van der Waals surface area contributed by atoms with Crippen LogP contribution in [0.1, 0.15) is 5.69 Å². The lowest BCUT2D eigenvalue weighted by atomic mass is 10.4. The molecule has 2 aromatic rings. The van der Waals surface area contributed by atoms with Crippen molar-refractivity contribution in [2.24, 2.45) is 7.05 Å². The maximum absolute atomic E-state index is 12.7. The summed E-state index contributed by atoms with van der Waals surface area (Å²) in [6.45, 7) is 2.05. The summed E-state index contributed by atoms with van der Waals surface area (Å²) < 4.78 is 55.3. The normalized spacial score (nSPS) is 17.9. The lowest BCUT2D eigenvalue weighted by Gasteiger charge is -2.32. The average Bonchev–Trinajstić information content (AvgIpc) is 3.15. The fraction of sp³-hybridized carbons (Fsp3) is 0.462. The molecule has 0 bridgehead atoms. The minimum Gasteiger partial charge on any atom is -0.272 e. The number of aromatic nitrogens is 2. The molecule has 8 nitrogen and oxygen atoms in total. The van der Waals surface area contributed by atoms with Crippen molar-refractivity contribution in [1.82, 2.24) is 18.4 Å². The van der Waals surface area contributed by atoms with Crippen molar-refractivity contribution < 1.29 is 16.8 Å². The minimum atomic E-state index is -3.69. The van der Waals surface area contributed by atoms with Crippen molar-refractivity contribution in [3.05, 3.63) is 28.4 Å². The summed E-state index contributed by atoms with van der Waals surface area (Å²) in [6.07, 6.45) is 1.32. The van der Waals surface area contributed by atoms with E-state index in [1.807, 2.05) is 0 Å². The maximum Gasteiger partial charge on any atom is 0.252 e. The molecule has 0 spiro atoms. The largest absolute Gasteiger partial charge is 0.272 e. The number of rotatable bonds is 4. The lowest BCUT2D eigenvalue weighted by molar-refractivity contribution is 0.273. The number of halogens is 1. The summed E-state index contributed by atoms with van der Waals surface area (Å²) >= 11 is 6.80. The van der Waals surface area contributed by atoms with Gasteiger partial charge in [0, 0.05) is 33.2 Å². The Morgan fingerprint density at radius 2 is 1.60 bits per heavy atom. The Hall–Kier alpha value is -0.980. The number of hydrogen-bond donors (Lipinski definition) is 0. The van der Waals surface area contributed by atoms with E-state index in [9.17, 15) is 16.8 Å². The van der Waals surface area contributed by atoms with Crippen LogP contribution in [0.25, 0.3) is 0 Å². The highest BCUT2D eigenvalue weighted by Crippen LogP contribution is 2.29. The van der Waals surface area contributed by atoms with Gasteiger partial charge in [0.2, 0.25) is 10.0 Å². The molecule has 0 atom stereocenters. The first kappa shape index (κ1) is 18.8. The summed E-state index contributed by atoms with van der Waals surface area (Å²) in [5.74, 6) is 0. The van der Waals surface area contributed by atoms with Gasteiger partial charge in [0.15, 0.2) is 0 Å². The number of sulfonamides is 2. The number of piperazine rings is 1. The summed E-state index contributed by atoms with van der Waals surface area (Å²) in [7, 11) is -5.67. The zero-order valence-electron chi connectivity index (χ0n) is 13.6. The average molecular weight is 425 g/mol. The van der Waals surface area contributed by atoms with Crippen LogP contribution in [0.4, 0.5) is 0 Å². The molecule has 0 saturated carbocycles. The van der Waals surface area contributed by atoms with Gasteiger partial charge in [-0.3, -0.25) is 4.68 Å². The molecule has 1 saturated heterocycles. The molecule has 2 aromatic heterocycles. The quantitative estimate of drug-likeness (QED) is 0.733. The van der Waals surface area contributed by atoms with Gasteiger partial charge in [-0.15, -0.1) is 11.3 Å². The van der Waals surface area contributed by atoms with E-state index in [0.717, 1.165) is 11.3 Å². The Labute approximate surface area is 155 Å². The highest BCUT2D eigenvalue weighted by atomic mass is 35.5. The Kier molecular flexibility index (Phi) is 4.99. The molecule has 0 unspecified atom stereocenters.